The van der Waals surface area contributed by atoms with Gasteiger partial charge >= 0.3 is 0 Å². The normalized spacial score (nSPS) is 36.2. The van der Waals surface area contributed by atoms with Crippen LogP contribution in [0.25, 0.3) is 0 Å². The third kappa shape index (κ3) is 1.35. The fourth-order valence-corrected chi connectivity index (χ4v) is 4.40. The molecule has 2 aliphatic heterocycles. The van der Waals surface area contributed by atoms with E-state index in [1.54, 1.807) is 4.90 Å². The van der Waals surface area contributed by atoms with Crippen LogP contribution in [-0.2, 0) is 14.6 Å². The summed E-state index contributed by atoms with van der Waals surface area (Å²) in [6.45, 7) is 2.55. The minimum Gasteiger partial charge on any atom is -0.341 e. The maximum Gasteiger partial charge on any atom is 0.219 e. The third-order valence-electron chi connectivity index (χ3n) is 3.06. The highest BCUT2D eigenvalue weighted by molar-refractivity contribution is 7.92. The molecule has 2 heterocycles. The van der Waals surface area contributed by atoms with Crippen molar-refractivity contribution in [1.29, 1.82) is 0 Å². The van der Waals surface area contributed by atoms with Gasteiger partial charge in [-0.15, -0.1) is 0 Å². The summed E-state index contributed by atoms with van der Waals surface area (Å²) < 4.78 is 22.9. The molecule has 0 aromatic heterocycles. The lowest BCUT2D eigenvalue weighted by Gasteiger charge is -2.13. The SMILES string of the molecule is CC(=O)N1CC2CCS(=O)(=O)C2C1. The van der Waals surface area contributed by atoms with Crippen molar-refractivity contribution < 1.29 is 13.2 Å². The second kappa shape index (κ2) is 2.70. The van der Waals surface area contributed by atoms with Crippen molar-refractivity contribution in [2.75, 3.05) is 18.8 Å². The van der Waals surface area contributed by atoms with Crippen molar-refractivity contribution in [2.45, 2.75) is 18.6 Å². The second-order valence-electron chi connectivity index (χ2n) is 3.88. The zero-order chi connectivity index (χ0) is 9.64. The van der Waals surface area contributed by atoms with Crippen molar-refractivity contribution in [3.8, 4) is 0 Å². The van der Waals surface area contributed by atoms with E-state index in [2.05, 4.69) is 0 Å². The zero-order valence-electron chi connectivity index (χ0n) is 7.56. The number of sulfone groups is 1. The van der Waals surface area contributed by atoms with Gasteiger partial charge in [-0.25, -0.2) is 8.42 Å². The first kappa shape index (κ1) is 8.99. The predicted molar refractivity (Wildman–Crippen MR) is 47.9 cm³/mol. The van der Waals surface area contributed by atoms with Crippen LogP contribution >= 0.6 is 0 Å². The van der Waals surface area contributed by atoms with Gasteiger partial charge in [-0.05, 0) is 12.3 Å². The van der Waals surface area contributed by atoms with Crippen LogP contribution in [0.15, 0.2) is 0 Å². The van der Waals surface area contributed by atoms with Gasteiger partial charge in [0.15, 0.2) is 9.84 Å². The molecule has 0 radical (unpaired) electrons. The lowest BCUT2D eigenvalue weighted by Crippen LogP contribution is -2.30. The summed E-state index contributed by atoms with van der Waals surface area (Å²) in [6.07, 6.45) is 0.733. The van der Waals surface area contributed by atoms with Gasteiger partial charge in [0, 0.05) is 20.0 Å². The first-order valence-electron chi connectivity index (χ1n) is 4.48. The molecule has 1 amide bonds. The molecule has 5 heteroatoms. The minimum atomic E-state index is -2.88. The third-order valence-corrected chi connectivity index (χ3v) is 5.32. The maximum absolute atomic E-state index is 11.5. The van der Waals surface area contributed by atoms with E-state index in [1.165, 1.54) is 6.92 Å². The molecular weight excluding hydrogens is 190 g/mol. The molecule has 0 aromatic rings. The van der Waals surface area contributed by atoms with Gasteiger partial charge in [-0.1, -0.05) is 0 Å². The van der Waals surface area contributed by atoms with E-state index in [0.29, 0.717) is 18.8 Å². The van der Waals surface area contributed by atoms with Crippen molar-refractivity contribution >= 4 is 15.7 Å². The van der Waals surface area contributed by atoms with Gasteiger partial charge in [0.2, 0.25) is 5.91 Å². The molecule has 2 rings (SSSR count). The number of hydrogen-bond donors (Lipinski definition) is 0. The van der Waals surface area contributed by atoms with Gasteiger partial charge in [-0.3, -0.25) is 4.79 Å². The van der Waals surface area contributed by atoms with Crippen molar-refractivity contribution in [3.63, 3.8) is 0 Å². The molecule has 0 bridgehead atoms. The van der Waals surface area contributed by atoms with Crippen LogP contribution in [0.3, 0.4) is 0 Å². The summed E-state index contributed by atoms with van der Waals surface area (Å²) in [5.74, 6) is 0.507. The van der Waals surface area contributed by atoms with Crippen LogP contribution in [-0.4, -0.2) is 43.3 Å². The zero-order valence-corrected chi connectivity index (χ0v) is 8.38. The highest BCUT2D eigenvalue weighted by Crippen LogP contribution is 2.33. The molecule has 2 fully saturated rings. The molecular formula is C8H13NO3S. The summed E-state index contributed by atoms with van der Waals surface area (Å²) in [7, 11) is -2.88. The second-order valence-corrected chi connectivity index (χ2v) is 6.22. The van der Waals surface area contributed by atoms with Crippen LogP contribution in [0.5, 0.6) is 0 Å². The van der Waals surface area contributed by atoms with Gasteiger partial charge < -0.3 is 4.90 Å². The van der Waals surface area contributed by atoms with Crippen molar-refractivity contribution in [1.82, 2.24) is 4.90 Å². The van der Waals surface area contributed by atoms with Crippen LogP contribution in [0.4, 0.5) is 0 Å². The Morgan fingerprint density at radius 3 is 2.62 bits per heavy atom. The average Bonchev–Trinajstić information content (AvgIpc) is 2.53. The van der Waals surface area contributed by atoms with E-state index >= 15 is 0 Å². The Bertz CT molecular complexity index is 335. The van der Waals surface area contributed by atoms with E-state index in [0.717, 1.165) is 6.42 Å². The number of fused-ring (bicyclic) bond motifs is 1. The van der Waals surface area contributed by atoms with Crippen LogP contribution < -0.4 is 0 Å². The van der Waals surface area contributed by atoms with Gasteiger partial charge in [0.25, 0.3) is 0 Å². The molecule has 0 N–H and O–H groups in total. The summed E-state index contributed by atoms with van der Waals surface area (Å²) in [5.41, 5.74) is 0. The largest absolute Gasteiger partial charge is 0.341 e. The van der Waals surface area contributed by atoms with Crippen molar-refractivity contribution in [2.24, 2.45) is 5.92 Å². The van der Waals surface area contributed by atoms with Gasteiger partial charge in [0.05, 0.1) is 11.0 Å². The van der Waals surface area contributed by atoms with E-state index < -0.39 is 9.84 Å². The molecule has 0 aromatic carbocycles. The monoisotopic (exact) mass is 203 g/mol. The maximum atomic E-state index is 11.5. The highest BCUT2D eigenvalue weighted by Gasteiger charge is 2.46. The summed E-state index contributed by atoms with van der Waals surface area (Å²) in [6, 6.07) is 0. The fraction of sp³-hybridized carbons (Fsp3) is 0.875. The number of amides is 1. The number of likely N-dealkylation sites (tertiary alicyclic amines) is 1. The number of nitrogens with zero attached hydrogens (tertiary/aromatic N) is 1. The van der Waals surface area contributed by atoms with Crippen LogP contribution in [0.2, 0.25) is 0 Å². The molecule has 13 heavy (non-hydrogen) atoms. The van der Waals surface area contributed by atoms with E-state index in [1.807, 2.05) is 0 Å². The Kier molecular flexibility index (Phi) is 1.87. The van der Waals surface area contributed by atoms with Gasteiger partial charge in [-0.2, -0.15) is 0 Å². The predicted octanol–water partition coefficient (Wildman–Crippen LogP) is -0.348. The quantitative estimate of drug-likeness (QED) is 0.541. The lowest BCUT2D eigenvalue weighted by atomic mass is 10.1. The highest BCUT2D eigenvalue weighted by atomic mass is 32.2. The summed E-state index contributed by atoms with van der Waals surface area (Å²) >= 11 is 0. The Morgan fingerprint density at radius 1 is 1.38 bits per heavy atom. The topological polar surface area (TPSA) is 54.5 Å². The molecule has 0 aliphatic carbocycles. The fourth-order valence-electron chi connectivity index (χ4n) is 2.25. The smallest absolute Gasteiger partial charge is 0.219 e. The molecule has 2 unspecified atom stereocenters. The Morgan fingerprint density at radius 2 is 2.08 bits per heavy atom. The first-order chi connectivity index (χ1) is 6.00. The lowest BCUT2D eigenvalue weighted by molar-refractivity contribution is -0.127. The van der Waals surface area contributed by atoms with E-state index in [-0.39, 0.29) is 17.1 Å². The van der Waals surface area contributed by atoms with E-state index in [9.17, 15) is 13.2 Å². The van der Waals surface area contributed by atoms with Crippen molar-refractivity contribution in [3.05, 3.63) is 0 Å². The van der Waals surface area contributed by atoms with Gasteiger partial charge in [0.1, 0.15) is 0 Å². The molecule has 2 aliphatic rings. The van der Waals surface area contributed by atoms with E-state index in [4.69, 9.17) is 0 Å². The van der Waals surface area contributed by atoms with Crippen LogP contribution in [0, 0.1) is 5.92 Å². The Balaban J connectivity index is 2.19. The summed E-state index contributed by atoms with van der Waals surface area (Å²) in [4.78, 5) is 12.7. The molecule has 74 valence electrons. The number of rotatable bonds is 0. The Hall–Kier alpha value is -0.580. The molecule has 0 spiro atoms. The minimum absolute atomic E-state index is 0.00963. The number of carbonyl (C=O) groups excluding carboxylic acids is 1. The number of hydrogen-bond acceptors (Lipinski definition) is 3. The average molecular weight is 203 g/mol. The number of carbonyl (C=O) groups is 1. The summed E-state index contributed by atoms with van der Waals surface area (Å²) in [5, 5.41) is -0.267. The standard InChI is InChI=1S/C8H13NO3S/c1-6(10)9-4-7-2-3-13(11,12)8(7)5-9/h7-8H,2-5H2,1H3. The first-order valence-corrected chi connectivity index (χ1v) is 6.19. The molecule has 2 atom stereocenters. The molecule has 2 saturated heterocycles. The Labute approximate surface area is 77.8 Å². The van der Waals surface area contributed by atoms with Crippen LogP contribution in [0.1, 0.15) is 13.3 Å². The molecule has 4 nitrogen and oxygen atoms in total. The molecule has 0 saturated carbocycles.